The summed E-state index contributed by atoms with van der Waals surface area (Å²) < 4.78 is 12.6. The van der Waals surface area contributed by atoms with E-state index < -0.39 is 0 Å². The molecule has 0 unspecified atom stereocenters. The lowest BCUT2D eigenvalue weighted by atomic mass is 10.3. The molecule has 0 saturated heterocycles. The molecule has 0 atom stereocenters. The second kappa shape index (κ2) is 6.95. The molecule has 0 bridgehead atoms. The van der Waals surface area contributed by atoms with Crippen molar-refractivity contribution in [1.82, 2.24) is 4.98 Å². The van der Waals surface area contributed by atoms with Gasteiger partial charge in [0.05, 0.1) is 16.1 Å². The van der Waals surface area contributed by atoms with Crippen molar-refractivity contribution in [2.24, 2.45) is 0 Å². The highest BCUT2D eigenvalue weighted by Crippen LogP contribution is 2.37. The van der Waals surface area contributed by atoms with E-state index in [1.165, 1.54) is 0 Å². The van der Waals surface area contributed by atoms with Gasteiger partial charge in [-0.05, 0) is 57.0 Å². The largest absolute Gasteiger partial charge is 0.496 e. The summed E-state index contributed by atoms with van der Waals surface area (Å²) in [5.74, 6) is 2.72. The van der Waals surface area contributed by atoms with E-state index in [1.807, 2.05) is 37.3 Å². The molecule has 2 aromatic rings. The lowest BCUT2D eigenvalue weighted by molar-refractivity contribution is 0.408. The molecule has 0 saturated carbocycles. The van der Waals surface area contributed by atoms with Crippen LogP contribution in [0, 0.1) is 0 Å². The second-order valence-electron chi connectivity index (χ2n) is 3.91. The van der Waals surface area contributed by atoms with Gasteiger partial charge in [0.1, 0.15) is 17.3 Å². The third-order valence-electron chi connectivity index (χ3n) is 2.50. The minimum Gasteiger partial charge on any atom is -0.496 e. The summed E-state index contributed by atoms with van der Waals surface area (Å²) in [6, 6.07) is 9.28. The number of hydrogen-bond acceptors (Lipinski definition) is 4. The summed E-state index contributed by atoms with van der Waals surface area (Å²) >= 11 is 6.90. The van der Waals surface area contributed by atoms with E-state index in [9.17, 15) is 0 Å². The van der Waals surface area contributed by atoms with Crippen LogP contribution >= 0.6 is 31.9 Å². The van der Waals surface area contributed by atoms with Crippen molar-refractivity contribution in [3.63, 3.8) is 0 Å². The van der Waals surface area contributed by atoms with E-state index in [2.05, 4.69) is 42.2 Å². The summed E-state index contributed by atoms with van der Waals surface area (Å²) in [5, 5.41) is 3.15. The van der Waals surface area contributed by atoms with E-state index in [-0.39, 0.29) is 0 Å². The molecule has 0 aliphatic carbocycles. The van der Waals surface area contributed by atoms with Crippen molar-refractivity contribution < 1.29 is 9.47 Å². The SMILES string of the molecule is CCNc1cccc(Oc2cc(Br)c(OC)cc2Br)n1. The fourth-order valence-corrected chi connectivity index (χ4v) is 2.50. The van der Waals surface area contributed by atoms with Crippen LogP contribution in [-0.2, 0) is 0 Å². The van der Waals surface area contributed by atoms with Crippen molar-refractivity contribution in [1.29, 1.82) is 0 Å². The molecule has 6 heteroatoms. The Kier molecular flexibility index (Phi) is 5.25. The van der Waals surface area contributed by atoms with Crippen LogP contribution in [0.5, 0.6) is 17.4 Å². The highest BCUT2D eigenvalue weighted by atomic mass is 79.9. The topological polar surface area (TPSA) is 43.4 Å². The molecule has 4 nitrogen and oxygen atoms in total. The summed E-state index contributed by atoms with van der Waals surface area (Å²) in [6.45, 7) is 2.83. The molecule has 0 fully saturated rings. The number of benzene rings is 1. The van der Waals surface area contributed by atoms with Crippen LogP contribution in [0.25, 0.3) is 0 Å². The Morgan fingerprint density at radius 2 is 1.85 bits per heavy atom. The molecule has 1 heterocycles. The third-order valence-corrected chi connectivity index (χ3v) is 3.74. The molecule has 1 aromatic carbocycles. The standard InChI is InChI=1S/C14H14Br2N2O2/c1-3-17-13-5-4-6-14(18-13)20-12-8-9(15)11(19-2)7-10(12)16/h4-8H,3H2,1-2H3,(H,17,18). The monoisotopic (exact) mass is 400 g/mol. The van der Waals surface area contributed by atoms with Crippen molar-refractivity contribution in [2.45, 2.75) is 6.92 Å². The fraction of sp³-hybridized carbons (Fsp3) is 0.214. The van der Waals surface area contributed by atoms with E-state index >= 15 is 0 Å². The van der Waals surface area contributed by atoms with Crippen molar-refractivity contribution in [2.75, 3.05) is 19.0 Å². The average molecular weight is 402 g/mol. The lowest BCUT2D eigenvalue weighted by Crippen LogP contribution is -1.99. The van der Waals surface area contributed by atoms with E-state index in [0.717, 1.165) is 27.1 Å². The van der Waals surface area contributed by atoms with Crippen LogP contribution in [-0.4, -0.2) is 18.6 Å². The minimum atomic E-state index is 0.529. The molecule has 2 rings (SSSR count). The van der Waals surface area contributed by atoms with Crippen molar-refractivity contribution >= 4 is 37.7 Å². The van der Waals surface area contributed by atoms with Crippen LogP contribution in [0.4, 0.5) is 5.82 Å². The Labute approximate surface area is 134 Å². The number of halogens is 2. The lowest BCUT2D eigenvalue weighted by Gasteiger charge is -2.11. The van der Waals surface area contributed by atoms with Crippen molar-refractivity contribution in [3.8, 4) is 17.4 Å². The number of anilines is 1. The molecule has 1 aromatic heterocycles. The van der Waals surface area contributed by atoms with Gasteiger partial charge in [0, 0.05) is 12.6 Å². The van der Waals surface area contributed by atoms with Crippen LogP contribution in [0.15, 0.2) is 39.3 Å². The predicted octanol–water partition coefficient (Wildman–Crippen LogP) is 4.84. The van der Waals surface area contributed by atoms with Gasteiger partial charge < -0.3 is 14.8 Å². The maximum atomic E-state index is 5.79. The van der Waals surface area contributed by atoms with Crippen LogP contribution in [0.2, 0.25) is 0 Å². The number of nitrogens with one attached hydrogen (secondary N) is 1. The molecule has 0 aliphatic heterocycles. The van der Waals surface area contributed by atoms with Crippen molar-refractivity contribution in [3.05, 3.63) is 39.3 Å². The number of pyridine rings is 1. The quantitative estimate of drug-likeness (QED) is 0.778. The summed E-state index contributed by atoms with van der Waals surface area (Å²) in [5.41, 5.74) is 0. The molecule has 0 radical (unpaired) electrons. The number of hydrogen-bond donors (Lipinski definition) is 1. The molecular formula is C14H14Br2N2O2. The molecule has 0 spiro atoms. The van der Waals surface area contributed by atoms with Crippen LogP contribution in [0.3, 0.4) is 0 Å². The van der Waals surface area contributed by atoms with Gasteiger partial charge in [0.2, 0.25) is 5.88 Å². The number of nitrogens with zero attached hydrogens (tertiary/aromatic N) is 1. The van der Waals surface area contributed by atoms with Gasteiger partial charge >= 0.3 is 0 Å². The van der Waals surface area contributed by atoms with E-state index in [1.54, 1.807) is 7.11 Å². The van der Waals surface area contributed by atoms with E-state index in [4.69, 9.17) is 9.47 Å². The summed E-state index contributed by atoms with van der Waals surface area (Å²) in [7, 11) is 1.62. The van der Waals surface area contributed by atoms with Gasteiger partial charge in [0.15, 0.2) is 0 Å². The first-order valence-corrected chi connectivity index (χ1v) is 7.64. The average Bonchev–Trinajstić information content (AvgIpc) is 2.43. The Hall–Kier alpha value is -1.27. The molecule has 0 aliphatic rings. The zero-order chi connectivity index (χ0) is 14.5. The predicted molar refractivity (Wildman–Crippen MR) is 86.9 cm³/mol. The fourth-order valence-electron chi connectivity index (χ4n) is 1.61. The molecule has 0 amide bonds. The van der Waals surface area contributed by atoms with Gasteiger partial charge in [-0.1, -0.05) is 6.07 Å². The first kappa shape index (κ1) is 15.1. The zero-order valence-electron chi connectivity index (χ0n) is 11.1. The smallest absolute Gasteiger partial charge is 0.221 e. The number of ether oxygens (including phenoxy) is 2. The maximum absolute atomic E-state index is 5.79. The highest BCUT2D eigenvalue weighted by molar-refractivity contribution is 9.11. The Balaban J connectivity index is 2.25. The first-order chi connectivity index (χ1) is 9.63. The second-order valence-corrected chi connectivity index (χ2v) is 5.62. The first-order valence-electron chi connectivity index (χ1n) is 6.06. The Morgan fingerprint density at radius 3 is 2.55 bits per heavy atom. The van der Waals surface area contributed by atoms with E-state index in [0.29, 0.717) is 11.6 Å². The van der Waals surface area contributed by atoms with Gasteiger partial charge in [-0.3, -0.25) is 0 Å². The van der Waals surface area contributed by atoms with Gasteiger partial charge in [-0.15, -0.1) is 0 Å². The molecule has 1 N–H and O–H groups in total. The number of methoxy groups -OCH3 is 1. The summed E-state index contributed by atoms with van der Waals surface area (Å²) in [4.78, 5) is 4.37. The van der Waals surface area contributed by atoms with Gasteiger partial charge in [-0.2, -0.15) is 4.98 Å². The highest BCUT2D eigenvalue weighted by Gasteiger charge is 2.10. The van der Waals surface area contributed by atoms with Crippen LogP contribution < -0.4 is 14.8 Å². The molecular weight excluding hydrogens is 388 g/mol. The summed E-state index contributed by atoms with van der Waals surface area (Å²) in [6.07, 6.45) is 0. The molecule has 106 valence electrons. The Morgan fingerprint density at radius 1 is 1.15 bits per heavy atom. The normalized spacial score (nSPS) is 10.2. The van der Waals surface area contributed by atoms with Gasteiger partial charge in [0.25, 0.3) is 0 Å². The number of aromatic nitrogens is 1. The van der Waals surface area contributed by atoms with Gasteiger partial charge in [-0.25, -0.2) is 0 Å². The van der Waals surface area contributed by atoms with Crippen LogP contribution in [0.1, 0.15) is 6.92 Å². The minimum absolute atomic E-state index is 0.529. The maximum Gasteiger partial charge on any atom is 0.221 e. The number of rotatable bonds is 5. The Bertz CT molecular complexity index is 606. The zero-order valence-corrected chi connectivity index (χ0v) is 14.3. The molecule has 20 heavy (non-hydrogen) atoms. The third kappa shape index (κ3) is 3.64.